The van der Waals surface area contributed by atoms with Gasteiger partial charge in [0.1, 0.15) is 5.76 Å². The third-order valence-electron chi connectivity index (χ3n) is 1.57. The van der Waals surface area contributed by atoms with Gasteiger partial charge >= 0.3 is 0 Å². The number of aromatic amines is 1. The molecule has 0 aromatic carbocycles. The number of furan rings is 1. The number of aryl methyl sites for hydroxylation is 1. The highest BCUT2D eigenvalue weighted by Crippen LogP contribution is 2.12. The van der Waals surface area contributed by atoms with Gasteiger partial charge in [0.2, 0.25) is 0 Å². The van der Waals surface area contributed by atoms with Crippen LogP contribution >= 0.6 is 0 Å². The average molecular weight is 149 g/mol. The van der Waals surface area contributed by atoms with Crippen molar-refractivity contribution in [3.8, 4) is 0 Å². The number of hydrogen-bond donors (Lipinski definition) is 1. The zero-order chi connectivity index (χ0) is 7.84. The van der Waals surface area contributed by atoms with Crippen molar-refractivity contribution in [2.45, 2.75) is 6.92 Å². The molecule has 3 heteroatoms. The fourth-order valence-electron chi connectivity index (χ4n) is 1.11. The molecule has 3 nitrogen and oxygen atoms in total. The molecule has 0 atom stereocenters. The Bertz CT molecular complexity index is 439. The van der Waals surface area contributed by atoms with Gasteiger partial charge in [0.25, 0.3) is 5.56 Å². The molecule has 1 N–H and O–H groups in total. The van der Waals surface area contributed by atoms with Gasteiger partial charge < -0.3 is 9.40 Å². The molecule has 0 amide bonds. The number of rotatable bonds is 0. The molecular weight excluding hydrogens is 142 g/mol. The Morgan fingerprint density at radius 2 is 2.36 bits per heavy atom. The Balaban J connectivity index is 3.02. The molecular formula is C8H7NO2. The minimum atomic E-state index is -0.171. The fourth-order valence-corrected chi connectivity index (χ4v) is 1.11. The number of H-pyrrole nitrogens is 1. The van der Waals surface area contributed by atoms with Crippen molar-refractivity contribution >= 4 is 11.0 Å². The zero-order valence-electron chi connectivity index (χ0n) is 6.05. The number of aromatic nitrogens is 1. The van der Waals surface area contributed by atoms with Crippen molar-refractivity contribution in [2.75, 3.05) is 0 Å². The first-order valence-corrected chi connectivity index (χ1v) is 3.35. The predicted molar refractivity (Wildman–Crippen MR) is 41.6 cm³/mol. The van der Waals surface area contributed by atoms with Gasteiger partial charge in [-0.15, -0.1) is 0 Å². The lowest BCUT2D eigenvalue weighted by atomic mass is 10.3. The Morgan fingerprint density at radius 1 is 1.55 bits per heavy atom. The first kappa shape index (κ1) is 6.22. The lowest BCUT2D eigenvalue weighted by Gasteiger charge is -1.82. The topological polar surface area (TPSA) is 46.0 Å². The van der Waals surface area contributed by atoms with Gasteiger partial charge in [0.05, 0.1) is 0 Å². The van der Waals surface area contributed by atoms with Crippen molar-refractivity contribution in [1.82, 2.24) is 4.98 Å². The second-order valence-corrected chi connectivity index (χ2v) is 2.45. The van der Waals surface area contributed by atoms with E-state index in [1.54, 1.807) is 6.20 Å². The first-order valence-electron chi connectivity index (χ1n) is 3.35. The van der Waals surface area contributed by atoms with E-state index in [1.807, 2.05) is 19.1 Å². The summed E-state index contributed by atoms with van der Waals surface area (Å²) in [7, 11) is 0. The highest BCUT2D eigenvalue weighted by molar-refractivity contribution is 5.76. The molecule has 56 valence electrons. The molecule has 0 saturated heterocycles. The smallest absolute Gasteiger partial charge is 0.291 e. The fraction of sp³-hybridized carbons (Fsp3) is 0.125. The van der Waals surface area contributed by atoms with Gasteiger partial charge in [-0.1, -0.05) is 0 Å². The van der Waals surface area contributed by atoms with Crippen LogP contribution in [-0.4, -0.2) is 4.98 Å². The lowest BCUT2D eigenvalue weighted by Crippen LogP contribution is -2.01. The molecule has 0 fully saturated rings. The Hall–Kier alpha value is -1.51. The van der Waals surface area contributed by atoms with Crippen LogP contribution in [0, 0.1) is 6.92 Å². The molecule has 0 aliphatic carbocycles. The maximum Gasteiger partial charge on any atom is 0.291 e. The highest BCUT2D eigenvalue weighted by Gasteiger charge is 2.01. The van der Waals surface area contributed by atoms with E-state index in [4.69, 9.17) is 4.42 Å². The second kappa shape index (κ2) is 1.99. The Kier molecular flexibility index (Phi) is 1.12. The van der Waals surface area contributed by atoms with E-state index >= 15 is 0 Å². The van der Waals surface area contributed by atoms with Crippen LogP contribution in [0.1, 0.15) is 5.76 Å². The van der Waals surface area contributed by atoms with Crippen LogP contribution in [0.5, 0.6) is 0 Å². The monoisotopic (exact) mass is 149 g/mol. The van der Waals surface area contributed by atoms with Crippen LogP contribution in [0.3, 0.4) is 0 Å². The molecule has 11 heavy (non-hydrogen) atoms. The van der Waals surface area contributed by atoms with Crippen LogP contribution in [0.2, 0.25) is 0 Å². The van der Waals surface area contributed by atoms with E-state index in [9.17, 15) is 4.79 Å². The maximum absolute atomic E-state index is 11.0. The van der Waals surface area contributed by atoms with Crippen molar-refractivity contribution in [1.29, 1.82) is 0 Å². The SMILES string of the molecule is Cc1cc2cc[nH]c(=O)c2o1. The van der Waals surface area contributed by atoms with Crippen LogP contribution in [-0.2, 0) is 0 Å². The minimum Gasteiger partial charge on any atom is -0.456 e. The Morgan fingerprint density at radius 3 is 3.09 bits per heavy atom. The minimum absolute atomic E-state index is 0.171. The molecule has 2 rings (SSSR count). The van der Waals surface area contributed by atoms with Gasteiger partial charge in [-0.05, 0) is 19.1 Å². The summed E-state index contributed by atoms with van der Waals surface area (Å²) in [6.07, 6.45) is 1.61. The van der Waals surface area contributed by atoms with E-state index in [2.05, 4.69) is 4.98 Å². The third kappa shape index (κ3) is 0.852. The molecule has 0 aliphatic heterocycles. The number of hydrogen-bond acceptors (Lipinski definition) is 2. The van der Waals surface area contributed by atoms with E-state index in [0.29, 0.717) is 5.58 Å². The molecule has 0 saturated carbocycles. The zero-order valence-corrected chi connectivity index (χ0v) is 6.05. The molecule has 0 unspecified atom stereocenters. The van der Waals surface area contributed by atoms with Crippen LogP contribution in [0.25, 0.3) is 11.0 Å². The summed E-state index contributed by atoms with van der Waals surface area (Å²) < 4.78 is 5.15. The normalized spacial score (nSPS) is 10.6. The van der Waals surface area contributed by atoms with E-state index in [-0.39, 0.29) is 5.56 Å². The standard InChI is InChI=1S/C8H7NO2/c1-5-4-6-2-3-9-8(10)7(6)11-5/h2-4H,1H3,(H,9,10). The molecule has 2 aromatic rings. The van der Waals surface area contributed by atoms with Crippen LogP contribution < -0.4 is 5.56 Å². The van der Waals surface area contributed by atoms with Gasteiger partial charge in [-0.25, -0.2) is 0 Å². The third-order valence-corrected chi connectivity index (χ3v) is 1.57. The van der Waals surface area contributed by atoms with E-state index in [0.717, 1.165) is 11.1 Å². The summed E-state index contributed by atoms with van der Waals surface area (Å²) >= 11 is 0. The molecule has 0 bridgehead atoms. The lowest BCUT2D eigenvalue weighted by molar-refractivity contribution is 0.574. The quantitative estimate of drug-likeness (QED) is 0.615. The summed E-state index contributed by atoms with van der Waals surface area (Å²) in [4.78, 5) is 13.6. The predicted octanol–water partition coefficient (Wildman–Crippen LogP) is 1.43. The maximum atomic E-state index is 11.0. The molecule has 0 aliphatic rings. The largest absolute Gasteiger partial charge is 0.456 e. The summed E-state index contributed by atoms with van der Waals surface area (Å²) in [6, 6.07) is 3.65. The number of pyridine rings is 1. The molecule has 2 heterocycles. The van der Waals surface area contributed by atoms with Crippen molar-refractivity contribution in [2.24, 2.45) is 0 Å². The molecule has 0 radical (unpaired) electrons. The van der Waals surface area contributed by atoms with Gasteiger partial charge in [0.15, 0.2) is 5.58 Å². The number of fused-ring (bicyclic) bond motifs is 1. The summed E-state index contributed by atoms with van der Waals surface area (Å²) in [5, 5.41) is 0.853. The molecule has 0 spiro atoms. The van der Waals surface area contributed by atoms with Crippen LogP contribution in [0.4, 0.5) is 0 Å². The van der Waals surface area contributed by atoms with Gasteiger partial charge in [-0.2, -0.15) is 0 Å². The van der Waals surface area contributed by atoms with Crippen molar-refractivity contribution in [3.05, 3.63) is 34.4 Å². The summed E-state index contributed by atoms with van der Waals surface area (Å²) in [5.41, 5.74) is 0.237. The second-order valence-electron chi connectivity index (χ2n) is 2.45. The number of nitrogens with one attached hydrogen (secondary N) is 1. The van der Waals surface area contributed by atoms with Crippen molar-refractivity contribution in [3.63, 3.8) is 0 Å². The van der Waals surface area contributed by atoms with Crippen LogP contribution in [0.15, 0.2) is 27.5 Å². The first-order chi connectivity index (χ1) is 5.27. The Labute approximate surface area is 62.7 Å². The highest BCUT2D eigenvalue weighted by atomic mass is 16.3. The summed E-state index contributed by atoms with van der Waals surface area (Å²) in [6.45, 7) is 1.82. The van der Waals surface area contributed by atoms with E-state index < -0.39 is 0 Å². The van der Waals surface area contributed by atoms with Gasteiger partial charge in [-0.3, -0.25) is 4.79 Å². The van der Waals surface area contributed by atoms with Gasteiger partial charge in [0, 0.05) is 11.6 Å². The summed E-state index contributed by atoms with van der Waals surface area (Å²) in [5.74, 6) is 0.761. The van der Waals surface area contributed by atoms with Crippen molar-refractivity contribution < 1.29 is 4.42 Å². The molecule has 2 aromatic heterocycles. The average Bonchev–Trinajstić information content (AvgIpc) is 2.31. The van der Waals surface area contributed by atoms with E-state index in [1.165, 1.54) is 0 Å².